The van der Waals surface area contributed by atoms with Crippen LogP contribution >= 0.6 is 0 Å². The highest BCUT2D eigenvalue weighted by molar-refractivity contribution is 6.00. The molecule has 1 fully saturated rings. The molecule has 1 atom stereocenters. The monoisotopic (exact) mass is 231 g/mol. The molecule has 1 aromatic carbocycles. The predicted molar refractivity (Wildman–Crippen MR) is 62.8 cm³/mol. The number of benzene rings is 1. The van der Waals surface area contributed by atoms with Gasteiger partial charge in [0.2, 0.25) is 5.91 Å². The number of rotatable bonds is 1. The summed E-state index contributed by atoms with van der Waals surface area (Å²) >= 11 is 0. The van der Waals surface area contributed by atoms with Gasteiger partial charge in [-0.1, -0.05) is 12.1 Å². The van der Waals surface area contributed by atoms with E-state index in [2.05, 4.69) is 10.6 Å². The Hall–Kier alpha value is -2.04. The molecule has 88 valence electrons. The standard InChI is InChI=1S/C12H13N3O2/c1-15-10-3-2-7(4-8(10)5-11(15)16)9-6-13-12(17)14-9/h2-4,9H,5-6H2,1H3,(H2,13,14,17). The molecule has 0 saturated carbocycles. The molecule has 3 amide bonds. The first-order chi connectivity index (χ1) is 8.15. The molecule has 2 heterocycles. The third-order valence-electron chi connectivity index (χ3n) is 3.36. The summed E-state index contributed by atoms with van der Waals surface area (Å²) in [6.07, 6.45) is 0.452. The van der Waals surface area contributed by atoms with Gasteiger partial charge in [0.15, 0.2) is 0 Å². The molecule has 2 aliphatic heterocycles. The molecular formula is C12H13N3O2. The predicted octanol–water partition coefficient (Wildman–Crippen LogP) is 0.559. The van der Waals surface area contributed by atoms with E-state index in [0.29, 0.717) is 13.0 Å². The number of nitrogens with one attached hydrogen (secondary N) is 2. The second-order valence-corrected chi connectivity index (χ2v) is 4.42. The molecular weight excluding hydrogens is 218 g/mol. The number of carbonyl (C=O) groups is 2. The highest BCUT2D eigenvalue weighted by Crippen LogP contribution is 2.30. The third-order valence-corrected chi connectivity index (χ3v) is 3.36. The lowest BCUT2D eigenvalue weighted by Crippen LogP contribution is -2.21. The van der Waals surface area contributed by atoms with E-state index in [0.717, 1.165) is 16.8 Å². The number of hydrogen-bond acceptors (Lipinski definition) is 2. The van der Waals surface area contributed by atoms with Crippen LogP contribution in [0.1, 0.15) is 17.2 Å². The van der Waals surface area contributed by atoms with Crippen molar-refractivity contribution in [1.29, 1.82) is 0 Å². The summed E-state index contributed by atoms with van der Waals surface area (Å²) in [5.74, 6) is 0.116. The van der Waals surface area contributed by atoms with Crippen LogP contribution in [0.4, 0.5) is 10.5 Å². The summed E-state index contributed by atoms with van der Waals surface area (Å²) in [7, 11) is 1.78. The maximum absolute atomic E-state index is 11.6. The zero-order valence-corrected chi connectivity index (χ0v) is 9.49. The Labute approximate surface area is 98.8 Å². The van der Waals surface area contributed by atoms with Gasteiger partial charge in [-0.2, -0.15) is 0 Å². The summed E-state index contributed by atoms with van der Waals surface area (Å²) in [4.78, 5) is 24.3. The van der Waals surface area contributed by atoms with E-state index >= 15 is 0 Å². The van der Waals surface area contributed by atoms with Crippen molar-refractivity contribution in [3.05, 3.63) is 29.3 Å². The molecule has 17 heavy (non-hydrogen) atoms. The lowest BCUT2D eigenvalue weighted by molar-refractivity contribution is -0.117. The lowest BCUT2D eigenvalue weighted by atomic mass is 10.0. The number of nitrogens with zero attached hydrogens (tertiary/aromatic N) is 1. The van der Waals surface area contributed by atoms with E-state index in [9.17, 15) is 9.59 Å². The van der Waals surface area contributed by atoms with E-state index in [-0.39, 0.29) is 18.0 Å². The van der Waals surface area contributed by atoms with Gasteiger partial charge in [-0.25, -0.2) is 4.79 Å². The number of fused-ring (bicyclic) bond motifs is 1. The smallest absolute Gasteiger partial charge is 0.315 e. The molecule has 0 aromatic heterocycles. The molecule has 0 radical (unpaired) electrons. The van der Waals surface area contributed by atoms with E-state index in [1.54, 1.807) is 11.9 Å². The van der Waals surface area contributed by atoms with Gasteiger partial charge in [0.05, 0.1) is 12.5 Å². The number of urea groups is 1. The molecule has 1 saturated heterocycles. The maximum Gasteiger partial charge on any atom is 0.315 e. The van der Waals surface area contributed by atoms with Crippen LogP contribution in [-0.4, -0.2) is 25.5 Å². The summed E-state index contributed by atoms with van der Waals surface area (Å²) < 4.78 is 0. The van der Waals surface area contributed by atoms with Crippen LogP contribution in [-0.2, 0) is 11.2 Å². The zero-order chi connectivity index (χ0) is 12.0. The van der Waals surface area contributed by atoms with E-state index in [4.69, 9.17) is 0 Å². The van der Waals surface area contributed by atoms with Crippen LogP contribution in [0.15, 0.2) is 18.2 Å². The fraction of sp³-hybridized carbons (Fsp3) is 0.333. The quantitative estimate of drug-likeness (QED) is 0.742. The summed E-state index contributed by atoms with van der Waals surface area (Å²) in [5, 5.41) is 5.56. The van der Waals surface area contributed by atoms with E-state index < -0.39 is 0 Å². The summed E-state index contributed by atoms with van der Waals surface area (Å²) in [6, 6.07) is 5.79. The number of amides is 3. The molecule has 2 aliphatic rings. The molecule has 3 rings (SSSR count). The fourth-order valence-electron chi connectivity index (χ4n) is 2.36. The highest BCUT2D eigenvalue weighted by Gasteiger charge is 2.27. The molecule has 5 nitrogen and oxygen atoms in total. The summed E-state index contributed by atoms with van der Waals surface area (Å²) in [6.45, 7) is 0.599. The van der Waals surface area contributed by atoms with Crippen LogP contribution in [0.5, 0.6) is 0 Å². The third kappa shape index (κ3) is 1.54. The van der Waals surface area contributed by atoms with Gasteiger partial charge in [-0.05, 0) is 17.2 Å². The van der Waals surface area contributed by atoms with Crippen molar-refractivity contribution >= 4 is 17.6 Å². The van der Waals surface area contributed by atoms with Crippen molar-refractivity contribution in [3.63, 3.8) is 0 Å². The fourth-order valence-corrected chi connectivity index (χ4v) is 2.36. The SMILES string of the molecule is CN1C(=O)Cc2cc(C3CNC(=O)N3)ccc21. The molecule has 2 N–H and O–H groups in total. The minimum absolute atomic E-state index is 0.00816. The van der Waals surface area contributed by atoms with Crippen LogP contribution in [0.3, 0.4) is 0 Å². The Bertz CT molecular complexity index is 512. The Morgan fingerprint density at radius 3 is 2.88 bits per heavy atom. The Kier molecular flexibility index (Phi) is 2.07. The number of anilines is 1. The Morgan fingerprint density at radius 2 is 2.18 bits per heavy atom. The number of likely N-dealkylation sites (N-methyl/N-ethyl adjacent to an activating group) is 1. The van der Waals surface area contributed by atoms with Crippen LogP contribution in [0.25, 0.3) is 0 Å². The Balaban J connectivity index is 1.92. The zero-order valence-electron chi connectivity index (χ0n) is 9.49. The average molecular weight is 231 g/mol. The molecule has 1 aromatic rings. The van der Waals surface area contributed by atoms with Crippen molar-refractivity contribution in [2.75, 3.05) is 18.5 Å². The molecule has 1 unspecified atom stereocenters. The molecule has 0 bridgehead atoms. The van der Waals surface area contributed by atoms with Crippen molar-refractivity contribution in [1.82, 2.24) is 10.6 Å². The van der Waals surface area contributed by atoms with Crippen LogP contribution < -0.4 is 15.5 Å². The van der Waals surface area contributed by atoms with Gasteiger partial charge in [-0.15, -0.1) is 0 Å². The van der Waals surface area contributed by atoms with Crippen molar-refractivity contribution < 1.29 is 9.59 Å². The Morgan fingerprint density at radius 1 is 1.35 bits per heavy atom. The largest absolute Gasteiger partial charge is 0.336 e. The lowest BCUT2D eigenvalue weighted by Gasteiger charge is -2.13. The van der Waals surface area contributed by atoms with Gasteiger partial charge >= 0.3 is 6.03 Å². The van der Waals surface area contributed by atoms with E-state index in [1.807, 2.05) is 18.2 Å². The van der Waals surface area contributed by atoms with Gasteiger partial charge in [0.1, 0.15) is 0 Å². The first-order valence-electron chi connectivity index (χ1n) is 5.59. The first-order valence-corrected chi connectivity index (χ1v) is 5.59. The van der Waals surface area contributed by atoms with Gasteiger partial charge in [-0.3, -0.25) is 4.79 Å². The highest BCUT2D eigenvalue weighted by atomic mass is 16.2. The minimum atomic E-state index is -0.135. The minimum Gasteiger partial charge on any atom is -0.336 e. The van der Waals surface area contributed by atoms with Crippen LogP contribution in [0.2, 0.25) is 0 Å². The van der Waals surface area contributed by atoms with Crippen molar-refractivity contribution in [3.8, 4) is 0 Å². The second-order valence-electron chi connectivity index (χ2n) is 4.42. The number of hydrogen-bond donors (Lipinski definition) is 2. The molecule has 5 heteroatoms. The first kappa shape index (κ1) is 10.1. The molecule has 0 spiro atoms. The normalized spacial score (nSPS) is 22.4. The average Bonchev–Trinajstić information content (AvgIpc) is 2.85. The summed E-state index contributed by atoms with van der Waals surface area (Å²) in [5.41, 5.74) is 3.05. The molecule has 0 aliphatic carbocycles. The van der Waals surface area contributed by atoms with Crippen LogP contribution in [0, 0.1) is 0 Å². The number of carbonyl (C=O) groups excluding carboxylic acids is 2. The van der Waals surface area contributed by atoms with Crippen molar-refractivity contribution in [2.45, 2.75) is 12.5 Å². The van der Waals surface area contributed by atoms with E-state index in [1.165, 1.54) is 0 Å². The van der Waals surface area contributed by atoms with Gasteiger partial charge in [0.25, 0.3) is 0 Å². The van der Waals surface area contributed by atoms with Gasteiger partial charge in [0, 0.05) is 19.3 Å². The van der Waals surface area contributed by atoms with Crippen molar-refractivity contribution in [2.24, 2.45) is 0 Å². The second kappa shape index (κ2) is 3.48. The topological polar surface area (TPSA) is 61.4 Å². The maximum atomic E-state index is 11.6. The van der Waals surface area contributed by atoms with Gasteiger partial charge < -0.3 is 15.5 Å².